The van der Waals surface area contributed by atoms with Gasteiger partial charge in [-0.05, 0) is 37.7 Å². The lowest BCUT2D eigenvalue weighted by molar-refractivity contribution is -0.132. The highest BCUT2D eigenvalue weighted by Gasteiger charge is 2.38. The van der Waals surface area contributed by atoms with Crippen LogP contribution in [0.25, 0.3) is 0 Å². The van der Waals surface area contributed by atoms with Crippen molar-refractivity contribution in [3.05, 3.63) is 47.5 Å². The third-order valence-electron chi connectivity index (χ3n) is 4.84. The van der Waals surface area contributed by atoms with Gasteiger partial charge < -0.3 is 10.6 Å². The maximum absolute atomic E-state index is 12.4. The van der Waals surface area contributed by atoms with Crippen molar-refractivity contribution in [2.75, 3.05) is 13.1 Å². The van der Waals surface area contributed by atoms with Crippen LogP contribution in [0.15, 0.2) is 42.0 Å². The van der Waals surface area contributed by atoms with E-state index in [4.69, 9.17) is 0 Å². The Balaban J connectivity index is 1.46. The molecule has 1 atom stereocenters. The lowest BCUT2D eigenvalue weighted by Gasteiger charge is -2.15. The van der Waals surface area contributed by atoms with Crippen LogP contribution in [0.1, 0.15) is 37.7 Å². The fourth-order valence-electron chi connectivity index (χ4n) is 3.41. The van der Waals surface area contributed by atoms with Gasteiger partial charge >= 0.3 is 6.03 Å². The lowest BCUT2D eigenvalue weighted by Crippen LogP contribution is -2.41. The number of benzene rings is 1. The van der Waals surface area contributed by atoms with Crippen molar-refractivity contribution in [1.82, 2.24) is 15.5 Å². The Kier molecular flexibility index (Phi) is 6.04. The van der Waals surface area contributed by atoms with Crippen LogP contribution in [-0.4, -0.2) is 41.9 Å². The Morgan fingerprint density at radius 1 is 1.19 bits per heavy atom. The predicted octanol–water partition coefficient (Wildman–Crippen LogP) is 2.16. The van der Waals surface area contributed by atoms with Gasteiger partial charge in [-0.2, -0.15) is 0 Å². The van der Waals surface area contributed by atoms with Crippen molar-refractivity contribution in [1.29, 1.82) is 0 Å². The van der Waals surface area contributed by atoms with Gasteiger partial charge in [-0.25, -0.2) is 4.79 Å². The summed E-state index contributed by atoms with van der Waals surface area (Å²) in [5, 5.41) is 5.47. The zero-order valence-electron chi connectivity index (χ0n) is 14.9. The first-order valence-electron chi connectivity index (χ1n) is 9.24. The monoisotopic (exact) mass is 355 g/mol. The summed E-state index contributed by atoms with van der Waals surface area (Å²) < 4.78 is 0. The standard InChI is InChI=1S/C20H25N3O3/c24-18(21-12-11-15-7-3-1-4-8-15)14-23-19(25)17(22-20(23)26)13-16-9-5-2-6-10-16/h2,5-7,9-10,17H,1,3-4,8,11-14H2,(H,21,24)(H,22,26). The van der Waals surface area contributed by atoms with Gasteiger partial charge in [-0.15, -0.1) is 0 Å². The minimum Gasteiger partial charge on any atom is -0.354 e. The highest BCUT2D eigenvalue weighted by Crippen LogP contribution is 2.19. The molecule has 1 unspecified atom stereocenters. The maximum atomic E-state index is 12.4. The number of imide groups is 1. The number of urea groups is 1. The highest BCUT2D eigenvalue weighted by molar-refractivity contribution is 6.06. The molecule has 1 aliphatic heterocycles. The van der Waals surface area contributed by atoms with Gasteiger partial charge in [-0.1, -0.05) is 42.0 Å². The number of carbonyl (C=O) groups excluding carboxylic acids is 3. The van der Waals surface area contributed by atoms with E-state index in [1.54, 1.807) is 0 Å². The molecule has 0 radical (unpaired) electrons. The van der Waals surface area contributed by atoms with Gasteiger partial charge in [0, 0.05) is 13.0 Å². The highest BCUT2D eigenvalue weighted by atomic mass is 16.2. The molecule has 2 aliphatic rings. The van der Waals surface area contributed by atoms with E-state index in [1.807, 2.05) is 30.3 Å². The molecule has 6 heteroatoms. The molecule has 26 heavy (non-hydrogen) atoms. The van der Waals surface area contributed by atoms with Gasteiger partial charge in [0.1, 0.15) is 12.6 Å². The molecule has 1 saturated heterocycles. The van der Waals surface area contributed by atoms with E-state index in [2.05, 4.69) is 16.7 Å². The average Bonchev–Trinajstić information content (AvgIpc) is 2.91. The van der Waals surface area contributed by atoms with E-state index >= 15 is 0 Å². The Morgan fingerprint density at radius 3 is 2.73 bits per heavy atom. The molecule has 0 saturated carbocycles. The lowest BCUT2D eigenvalue weighted by atomic mass is 9.97. The Hall–Kier alpha value is -2.63. The average molecular weight is 355 g/mol. The first-order chi connectivity index (χ1) is 12.6. The molecule has 1 heterocycles. The summed E-state index contributed by atoms with van der Waals surface area (Å²) in [6, 6.07) is 8.40. The van der Waals surface area contributed by atoms with Crippen LogP contribution in [0.5, 0.6) is 0 Å². The van der Waals surface area contributed by atoms with E-state index in [1.165, 1.54) is 18.4 Å². The molecule has 138 valence electrons. The molecule has 6 nitrogen and oxygen atoms in total. The first kappa shape index (κ1) is 18.2. The van der Waals surface area contributed by atoms with Gasteiger partial charge in [0.05, 0.1) is 0 Å². The second-order valence-electron chi connectivity index (χ2n) is 6.82. The van der Waals surface area contributed by atoms with Crippen molar-refractivity contribution in [3.8, 4) is 0 Å². The number of allylic oxidation sites excluding steroid dienone is 1. The predicted molar refractivity (Wildman–Crippen MR) is 98.4 cm³/mol. The van der Waals surface area contributed by atoms with Crippen LogP contribution < -0.4 is 10.6 Å². The van der Waals surface area contributed by atoms with Crippen LogP contribution in [0, 0.1) is 0 Å². The van der Waals surface area contributed by atoms with Gasteiger partial charge in [-0.3, -0.25) is 14.5 Å². The first-order valence-corrected chi connectivity index (χ1v) is 9.24. The van der Waals surface area contributed by atoms with Crippen LogP contribution >= 0.6 is 0 Å². The minimum absolute atomic E-state index is 0.227. The zero-order valence-corrected chi connectivity index (χ0v) is 14.9. The van der Waals surface area contributed by atoms with Gasteiger partial charge in [0.15, 0.2) is 0 Å². The summed E-state index contributed by atoms with van der Waals surface area (Å²) in [7, 11) is 0. The summed E-state index contributed by atoms with van der Waals surface area (Å²) in [5.41, 5.74) is 2.35. The van der Waals surface area contributed by atoms with Crippen LogP contribution in [-0.2, 0) is 16.0 Å². The number of nitrogens with zero attached hydrogens (tertiary/aromatic N) is 1. The summed E-state index contributed by atoms with van der Waals surface area (Å²) in [4.78, 5) is 37.6. The Morgan fingerprint density at radius 2 is 2.00 bits per heavy atom. The third-order valence-corrected chi connectivity index (χ3v) is 4.84. The molecule has 0 bridgehead atoms. The van der Waals surface area contributed by atoms with Gasteiger partial charge in [0.25, 0.3) is 5.91 Å². The molecule has 0 aromatic heterocycles. The fraction of sp³-hybridized carbons (Fsp3) is 0.450. The quantitative estimate of drug-likeness (QED) is 0.581. The molecule has 2 N–H and O–H groups in total. The van der Waals surface area contributed by atoms with E-state index in [-0.39, 0.29) is 18.4 Å². The van der Waals surface area contributed by atoms with Crippen LogP contribution in [0.4, 0.5) is 4.79 Å². The summed E-state index contributed by atoms with van der Waals surface area (Å²) in [5.74, 6) is -0.644. The van der Waals surface area contributed by atoms with E-state index in [0.717, 1.165) is 29.7 Å². The maximum Gasteiger partial charge on any atom is 0.325 e. The van der Waals surface area contributed by atoms with Gasteiger partial charge in [0.2, 0.25) is 5.91 Å². The second-order valence-corrected chi connectivity index (χ2v) is 6.82. The normalized spacial score (nSPS) is 19.9. The van der Waals surface area contributed by atoms with Crippen molar-refractivity contribution in [3.63, 3.8) is 0 Å². The number of carbonyl (C=O) groups is 3. The van der Waals surface area contributed by atoms with E-state index in [0.29, 0.717) is 13.0 Å². The number of hydrogen-bond donors (Lipinski definition) is 2. The number of hydrogen-bond acceptors (Lipinski definition) is 3. The van der Waals surface area contributed by atoms with Crippen LogP contribution in [0.3, 0.4) is 0 Å². The number of amides is 4. The Bertz CT molecular complexity index is 700. The molecule has 0 spiro atoms. The topological polar surface area (TPSA) is 78.5 Å². The third kappa shape index (κ3) is 4.71. The van der Waals surface area contributed by atoms with Crippen molar-refractivity contribution in [2.24, 2.45) is 0 Å². The molecule has 1 aromatic rings. The molecule has 3 rings (SSSR count). The van der Waals surface area contributed by atoms with Crippen molar-refractivity contribution in [2.45, 2.75) is 44.6 Å². The molecule has 1 fully saturated rings. The molecule has 4 amide bonds. The summed E-state index contributed by atoms with van der Waals surface area (Å²) in [6.45, 7) is 0.316. The number of rotatable bonds is 7. The summed E-state index contributed by atoms with van der Waals surface area (Å²) in [6.07, 6.45) is 8.19. The van der Waals surface area contributed by atoms with Crippen LogP contribution in [0.2, 0.25) is 0 Å². The molecule has 1 aliphatic carbocycles. The zero-order chi connectivity index (χ0) is 18.4. The summed E-state index contributed by atoms with van der Waals surface area (Å²) >= 11 is 0. The van der Waals surface area contributed by atoms with Crippen molar-refractivity contribution < 1.29 is 14.4 Å². The molecule has 1 aromatic carbocycles. The Labute approximate surface area is 153 Å². The molecular weight excluding hydrogens is 330 g/mol. The minimum atomic E-state index is -0.606. The van der Waals surface area contributed by atoms with Crippen molar-refractivity contribution >= 4 is 17.8 Å². The fourth-order valence-corrected chi connectivity index (χ4v) is 3.41. The largest absolute Gasteiger partial charge is 0.354 e. The smallest absolute Gasteiger partial charge is 0.325 e. The number of nitrogens with one attached hydrogen (secondary N) is 2. The van der Waals surface area contributed by atoms with E-state index in [9.17, 15) is 14.4 Å². The SMILES string of the molecule is O=C(CN1C(=O)NC(Cc2ccccc2)C1=O)NCCC1=CCCCC1. The molecular formula is C20H25N3O3. The second kappa shape index (κ2) is 8.65. The van der Waals surface area contributed by atoms with E-state index < -0.39 is 12.1 Å².